The minimum Gasteiger partial charge on any atom is -0.478 e. The van der Waals surface area contributed by atoms with Crippen molar-refractivity contribution in [2.45, 2.75) is 6.92 Å². The van der Waals surface area contributed by atoms with E-state index in [4.69, 9.17) is 5.11 Å². The Morgan fingerprint density at radius 2 is 1.71 bits per heavy atom. The van der Waals surface area contributed by atoms with Crippen LogP contribution in [0.4, 0.5) is 0 Å². The van der Waals surface area contributed by atoms with Gasteiger partial charge in [-0.2, -0.15) is 0 Å². The van der Waals surface area contributed by atoms with Gasteiger partial charge in [-0.25, -0.2) is 9.48 Å². The van der Waals surface area contributed by atoms with Crippen LogP contribution in [0.2, 0.25) is 0 Å². The minimum atomic E-state index is -0.945. The van der Waals surface area contributed by atoms with E-state index in [9.17, 15) is 4.79 Å². The van der Waals surface area contributed by atoms with Crippen molar-refractivity contribution in [2.75, 3.05) is 0 Å². The summed E-state index contributed by atoms with van der Waals surface area (Å²) in [4.78, 5) is 10.9. The number of aromatic carboxylic acids is 1. The summed E-state index contributed by atoms with van der Waals surface area (Å²) in [5.74, 6) is -0.945. The Bertz CT molecular complexity index is 774. The van der Waals surface area contributed by atoms with Crippen LogP contribution in [0, 0.1) is 6.92 Å². The molecular weight excluding hydrogens is 266 g/mol. The number of aromatic nitrogens is 3. The summed E-state index contributed by atoms with van der Waals surface area (Å²) in [5.41, 5.74) is 4.07. The molecule has 3 aromatic rings. The van der Waals surface area contributed by atoms with Gasteiger partial charge in [-0.3, -0.25) is 0 Å². The van der Waals surface area contributed by atoms with E-state index in [1.165, 1.54) is 5.56 Å². The van der Waals surface area contributed by atoms with E-state index in [-0.39, 0.29) is 5.56 Å². The predicted molar refractivity (Wildman–Crippen MR) is 78.5 cm³/mol. The van der Waals surface area contributed by atoms with Crippen molar-refractivity contribution in [3.8, 4) is 16.9 Å². The molecule has 0 fully saturated rings. The van der Waals surface area contributed by atoms with E-state index in [1.807, 2.05) is 31.2 Å². The molecule has 2 aromatic carbocycles. The first-order valence-corrected chi connectivity index (χ1v) is 6.46. The molecule has 0 spiro atoms. The molecule has 0 radical (unpaired) electrons. The van der Waals surface area contributed by atoms with Crippen LogP contribution in [-0.2, 0) is 0 Å². The number of carbonyl (C=O) groups is 1. The summed E-state index contributed by atoms with van der Waals surface area (Å²) in [5, 5.41) is 17.0. The highest BCUT2D eigenvalue weighted by Gasteiger charge is 2.09. The summed E-state index contributed by atoms with van der Waals surface area (Å²) in [6, 6.07) is 14.6. The smallest absolute Gasteiger partial charge is 0.335 e. The van der Waals surface area contributed by atoms with Gasteiger partial charge in [0, 0.05) is 5.56 Å². The molecule has 1 heterocycles. The van der Waals surface area contributed by atoms with Crippen LogP contribution >= 0.6 is 0 Å². The molecule has 0 saturated carbocycles. The quantitative estimate of drug-likeness (QED) is 0.800. The van der Waals surface area contributed by atoms with Crippen molar-refractivity contribution >= 4 is 5.97 Å². The molecule has 0 aliphatic rings. The molecule has 0 atom stereocenters. The summed E-state index contributed by atoms with van der Waals surface area (Å²) < 4.78 is 1.69. The first-order chi connectivity index (χ1) is 10.1. The van der Waals surface area contributed by atoms with Crippen molar-refractivity contribution in [3.05, 3.63) is 65.9 Å². The summed E-state index contributed by atoms with van der Waals surface area (Å²) in [7, 11) is 0. The lowest BCUT2D eigenvalue weighted by Gasteiger charge is -2.07. The van der Waals surface area contributed by atoms with Gasteiger partial charge in [-0.05, 0) is 31.2 Å². The summed E-state index contributed by atoms with van der Waals surface area (Å²) in [6.07, 6.45) is 1.69. The topological polar surface area (TPSA) is 68.0 Å². The maximum absolute atomic E-state index is 10.9. The van der Waals surface area contributed by atoms with Gasteiger partial charge in [-0.1, -0.05) is 35.0 Å². The molecule has 1 aromatic heterocycles. The van der Waals surface area contributed by atoms with E-state index in [2.05, 4.69) is 10.3 Å². The van der Waals surface area contributed by atoms with Gasteiger partial charge in [0.25, 0.3) is 0 Å². The van der Waals surface area contributed by atoms with E-state index in [0.29, 0.717) is 0 Å². The highest BCUT2D eigenvalue weighted by molar-refractivity contribution is 5.87. The number of rotatable bonds is 3. The molecule has 5 heteroatoms. The number of carboxylic acids is 1. The Morgan fingerprint density at radius 1 is 1.05 bits per heavy atom. The monoisotopic (exact) mass is 279 g/mol. The average molecular weight is 279 g/mol. The van der Waals surface area contributed by atoms with E-state index >= 15 is 0 Å². The Morgan fingerprint density at radius 3 is 2.33 bits per heavy atom. The number of carboxylic acid groups (broad SMARTS) is 1. The molecule has 5 nitrogen and oxygen atoms in total. The summed E-state index contributed by atoms with van der Waals surface area (Å²) in [6.45, 7) is 2.03. The fraction of sp³-hybridized carbons (Fsp3) is 0.0625. The number of hydrogen-bond donors (Lipinski definition) is 1. The van der Waals surface area contributed by atoms with Gasteiger partial charge in [0.15, 0.2) is 0 Å². The highest BCUT2D eigenvalue weighted by Crippen LogP contribution is 2.22. The SMILES string of the molecule is Cc1ccc(-c2cnnn2-c2ccc(C(=O)O)cc2)cc1. The minimum absolute atomic E-state index is 0.246. The number of nitrogens with zero attached hydrogens (tertiary/aromatic N) is 3. The fourth-order valence-corrected chi connectivity index (χ4v) is 2.09. The Labute approximate surface area is 121 Å². The molecule has 0 amide bonds. The van der Waals surface area contributed by atoms with Crippen LogP contribution in [0.15, 0.2) is 54.7 Å². The normalized spacial score (nSPS) is 10.5. The molecule has 1 N–H and O–H groups in total. The molecule has 3 rings (SSSR count). The van der Waals surface area contributed by atoms with Gasteiger partial charge in [0.2, 0.25) is 0 Å². The lowest BCUT2D eigenvalue weighted by Crippen LogP contribution is -2.01. The fourth-order valence-electron chi connectivity index (χ4n) is 2.09. The van der Waals surface area contributed by atoms with Crippen LogP contribution in [-0.4, -0.2) is 26.1 Å². The van der Waals surface area contributed by atoms with Crippen LogP contribution < -0.4 is 0 Å². The second-order valence-corrected chi connectivity index (χ2v) is 4.75. The predicted octanol–water partition coefficient (Wildman–Crippen LogP) is 2.94. The van der Waals surface area contributed by atoms with Gasteiger partial charge in [0.05, 0.1) is 23.1 Å². The van der Waals surface area contributed by atoms with Crippen LogP contribution in [0.25, 0.3) is 16.9 Å². The van der Waals surface area contributed by atoms with Crippen LogP contribution in [0.1, 0.15) is 15.9 Å². The molecule has 21 heavy (non-hydrogen) atoms. The molecule has 0 aliphatic carbocycles. The van der Waals surface area contributed by atoms with Crippen molar-refractivity contribution in [2.24, 2.45) is 0 Å². The zero-order valence-electron chi connectivity index (χ0n) is 11.4. The maximum Gasteiger partial charge on any atom is 0.335 e. The van der Waals surface area contributed by atoms with E-state index in [1.54, 1.807) is 35.1 Å². The first-order valence-electron chi connectivity index (χ1n) is 6.46. The third-order valence-electron chi connectivity index (χ3n) is 3.26. The van der Waals surface area contributed by atoms with Crippen LogP contribution in [0.3, 0.4) is 0 Å². The zero-order valence-corrected chi connectivity index (χ0v) is 11.4. The molecule has 0 bridgehead atoms. The van der Waals surface area contributed by atoms with Crippen molar-refractivity contribution in [3.63, 3.8) is 0 Å². The Kier molecular flexibility index (Phi) is 3.23. The van der Waals surface area contributed by atoms with Crippen LogP contribution in [0.5, 0.6) is 0 Å². The first kappa shape index (κ1) is 13.1. The molecule has 104 valence electrons. The third kappa shape index (κ3) is 2.53. The molecule has 0 saturated heterocycles. The summed E-state index contributed by atoms with van der Waals surface area (Å²) >= 11 is 0. The second-order valence-electron chi connectivity index (χ2n) is 4.75. The second kappa shape index (κ2) is 5.20. The number of benzene rings is 2. The lowest BCUT2D eigenvalue weighted by atomic mass is 10.1. The van der Waals surface area contributed by atoms with Gasteiger partial charge >= 0.3 is 5.97 Å². The maximum atomic E-state index is 10.9. The zero-order chi connectivity index (χ0) is 14.8. The Hall–Kier alpha value is -2.95. The van der Waals surface area contributed by atoms with Crippen molar-refractivity contribution in [1.82, 2.24) is 15.0 Å². The van der Waals surface area contributed by atoms with Gasteiger partial charge in [-0.15, -0.1) is 5.10 Å². The third-order valence-corrected chi connectivity index (χ3v) is 3.26. The number of aryl methyl sites for hydroxylation is 1. The van der Waals surface area contributed by atoms with Gasteiger partial charge in [0.1, 0.15) is 0 Å². The average Bonchev–Trinajstić information content (AvgIpc) is 2.97. The molecule has 0 unspecified atom stereocenters. The lowest BCUT2D eigenvalue weighted by molar-refractivity contribution is 0.0697. The van der Waals surface area contributed by atoms with E-state index in [0.717, 1.165) is 16.9 Å². The standard InChI is InChI=1S/C16H13N3O2/c1-11-2-4-12(5-3-11)15-10-17-18-19(15)14-8-6-13(7-9-14)16(20)21/h2-10H,1H3,(H,20,21). The van der Waals surface area contributed by atoms with E-state index < -0.39 is 5.97 Å². The number of hydrogen-bond acceptors (Lipinski definition) is 3. The highest BCUT2D eigenvalue weighted by atomic mass is 16.4. The molecule has 0 aliphatic heterocycles. The van der Waals surface area contributed by atoms with Crippen molar-refractivity contribution in [1.29, 1.82) is 0 Å². The van der Waals surface area contributed by atoms with Crippen molar-refractivity contribution < 1.29 is 9.90 Å². The molecular formula is C16H13N3O2. The Balaban J connectivity index is 2.02. The largest absolute Gasteiger partial charge is 0.478 e. The van der Waals surface area contributed by atoms with Gasteiger partial charge < -0.3 is 5.11 Å².